The second-order valence-corrected chi connectivity index (χ2v) is 6.78. The molecule has 0 unspecified atom stereocenters. The van der Waals surface area contributed by atoms with Crippen LogP contribution in [0, 0.1) is 0 Å². The summed E-state index contributed by atoms with van der Waals surface area (Å²) in [6, 6.07) is 14.4. The minimum absolute atomic E-state index is 0.286. The molecule has 118 valence electrons. The quantitative estimate of drug-likeness (QED) is 0.653. The van der Waals surface area contributed by atoms with Gasteiger partial charge in [-0.2, -0.15) is 0 Å². The van der Waals surface area contributed by atoms with Crippen LogP contribution in [0.5, 0.6) is 11.5 Å². The molecule has 4 nitrogen and oxygen atoms in total. The fourth-order valence-corrected chi connectivity index (χ4v) is 4.13. The van der Waals surface area contributed by atoms with Crippen molar-refractivity contribution in [3.63, 3.8) is 0 Å². The maximum Gasteiger partial charge on any atom is 0.231 e. The molecule has 2 aliphatic rings. The standard InChI is InChI=1S/C19H14N2O2S/c1-2-4-14-13(3-1)6-7-15-18(14)24-19(21-15)20-10-12-5-8-16-17(9-12)23-11-22-16/h1-5,8-10H,6-7,11H2/b20-10+. The molecule has 24 heavy (non-hydrogen) atoms. The van der Waals surface area contributed by atoms with E-state index in [1.165, 1.54) is 16.0 Å². The molecule has 0 spiro atoms. The van der Waals surface area contributed by atoms with Crippen LogP contribution in [0.4, 0.5) is 5.13 Å². The molecule has 0 atom stereocenters. The van der Waals surface area contributed by atoms with Crippen LogP contribution in [0.2, 0.25) is 0 Å². The summed E-state index contributed by atoms with van der Waals surface area (Å²) in [5.74, 6) is 1.56. The number of rotatable bonds is 2. The highest BCUT2D eigenvalue weighted by atomic mass is 32.1. The Bertz CT molecular complexity index is 962. The molecule has 0 saturated heterocycles. The molecular weight excluding hydrogens is 320 g/mol. The third kappa shape index (κ3) is 2.29. The van der Waals surface area contributed by atoms with Gasteiger partial charge in [-0.3, -0.25) is 0 Å². The van der Waals surface area contributed by atoms with E-state index in [0.29, 0.717) is 0 Å². The second kappa shape index (κ2) is 5.46. The zero-order valence-electron chi connectivity index (χ0n) is 12.9. The van der Waals surface area contributed by atoms with Crippen LogP contribution in [0.3, 0.4) is 0 Å². The van der Waals surface area contributed by atoms with Gasteiger partial charge in [-0.25, -0.2) is 9.98 Å². The van der Waals surface area contributed by atoms with Gasteiger partial charge in [0, 0.05) is 6.21 Å². The predicted octanol–water partition coefficient (Wildman–Crippen LogP) is 4.39. The summed E-state index contributed by atoms with van der Waals surface area (Å²) in [5, 5.41) is 0.800. The first-order valence-electron chi connectivity index (χ1n) is 7.88. The maximum atomic E-state index is 5.40. The van der Waals surface area contributed by atoms with Crippen LogP contribution in [-0.4, -0.2) is 18.0 Å². The fraction of sp³-hybridized carbons (Fsp3) is 0.158. The molecule has 0 fully saturated rings. The van der Waals surface area contributed by atoms with Crippen molar-refractivity contribution in [1.29, 1.82) is 0 Å². The minimum Gasteiger partial charge on any atom is -0.454 e. The van der Waals surface area contributed by atoms with Crippen LogP contribution < -0.4 is 9.47 Å². The van der Waals surface area contributed by atoms with Gasteiger partial charge in [-0.05, 0) is 47.7 Å². The molecule has 0 bridgehead atoms. The zero-order valence-corrected chi connectivity index (χ0v) is 13.7. The Morgan fingerprint density at radius 2 is 1.96 bits per heavy atom. The molecule has 3 aromatic rings. The minimum atomic E-state index is 0.286. The Labute approximate surface area is 143 Å². The number of hydrogen-bond donors (Lipinski definition) is 0. The molecule has 0 saturated carbocycles. The molecule has 5 heteroatoms. The first kappa shape index (κ1) is 13.7. The smallest absolute Gasteiger partial charge is 0.231 e. The van der Waals surface area contributed by atoms with Gasteiger partial charge < -0.3 is 9.47 Å². The lowest BCUT2D eigenvalue weighted by atomic mass is 9.94. The van der Waals surface area contributed by atoms with Crippen molar-refractivity contribution < 1.29 is 9.47 Å². The van der Waals surface area contributed by atoms with E-state index in [-0.39, 0.29) is 6.79 Å². The Morgan fingerprint density at radius 3 is 2.96 bits per heavy atom. The Kier molecular flexibility index (Phi) is 3.13. The van der Waals surface area contributed by atoms with Gasteiger partial charge in [0.25, 0.3) is 0 Å². The number of aliphatic imine (C=N–C) groups is 1. The number of hydrogen-bond acceptors (Lipinski definition) is 5. The summed E-state index contributed by atoms with van der Waals surface area (Å²) in [6.07, 6.45) is 3.87. The van der Waals surface area contributed by atoms with Gasteiger partial charge >= 0.3 is 0 Å². The lowest BCUT2D eigenvalue weighted by molar-refractivity contribution is 0.174. The largest absolute Gasteiger partial charge is 0.454 e. The van der Waals surface area contributed by atoms with Crippen molar-refractivity contribution in [1.82, 2.24) is 4.98 Å². The average molecular weight is 334 g/mol. The summed E-state index contributed by atoms with van der Waals surface area (Å²) >= 11 is 1.66. The molecule has 0 radical (unpaired) electrons. The third-order valence-electron chi connectivity index (χ3n) is 4.30. The predicted molar refractivity (Wildman–Crippen MR) is 94.8 cm³/mol. The first-order chi connectivity index (χ1) is 11.9. The number of thiazole rings is 1. The van der Waals surface area contributed by atoms with E-state index >= 15 is 0 Å². The third-order valence-corrected chi connectivity index (χ3v) is 5.34. The molecule has 0 amide bonds. The number of nitrogens with zero attached hydrogens (tertiary/aromatic N) is 2. The van der Waals surface area contributed by atoms with E-state index in [0.717, 1.165) is 40.7 Å². The topological polar surface area (TPSA) is 43.7 Å². The van der Waals surface area contributed by atoms with Crippen molar-refractivity contribution in [2.75, 3.05) is 6.79 Å². The Balaban J connectivity index is 1.46. The zero-order chi connectivity index (χ0) is 15.9. The van der Waals surface area contributed by atoms with E-state index in [1.54, 1.807) is 11.3 Å². The summed E-state index contributed by atoms with van der Waals surface area (Å²) in [7, 11) is 0. The molecule has 2 aromatic carbocycles. The highest BCUT2D eigenvalue weighted by Crippen LogP contribution is 2.40. The van der Waals surface area contributed by atoms with E-state index < -0.39 is 0 Å². The number of benzene rings is 2. The highest BCUT2D eigenvalue weighted by molar-refractivity contribution is 7.18. The van der Waals surface area contributed by atoms with Gasteiger partial charge in [-0.15, -0.1) is 0 Å². The van der Waals surface area contributed by atoms with Crippen molar-refractivity contribution >= 4 is 22.7 Å². The normalized spacial score (nSPS) is 14.7. The van der Waals surface area contributed by atoms with Crippen LogP contribution in [0.15, 0.2) is 47.5 Å². The number of ether oxygens (including phenoxy) is 2. The maximum absolute atomic E-state index is 5.40. The monoisotopic (exact) mass is 334 g/mol. The molecule has 1 aromatic heterocycles. The number of aryl methyl sites for hydroxylation is 2. The molecule has 5 rings (SSSR count). The van der Waals surface area contributed by atoms with E-state index in [4.69, 9.17) is 14.5 Å². The fourth-order valence-electron chi connectivity index (χ4n) is 3.11. The molecule has 1 aliphatic carbocycles. The van der Waals surface area contributed by atoms with Crippen molar-refractivity contribution in [2.24, 2.45) is 4.99 Å². The van der Waals surface area contributed by atoms with Gasteiger partial charge in [-0.1, -0.05) is 35.6 Å². The SMILES string of the molecule is C(=N\c1nc2c(s1)-c1ccccc1CC2)/c1ccc2c(c1)OCO2. The van der Waals surface area contributed by atoms with Crippen LogP contribution in [0.25, 0.3) is 10.4 Å². The second-order valence-electron chi connectivity index (χ2n) is 5.80. The van der Waals surface area contributed by atoms with Crippen LogP contribution >= 0.6 is 11.3 Å². The van der Waals surface area contributed by atoms with Crippen LogP contribution in [0.1, 0.15) is 16.8 Å². The van der Waals surface area contributed by atoms with Crippen molar-refractivity contribution in [3.8, 4) is 21.9 Å². The average Bonchev–Trinajstić information content (AvgIpc) is 3.25. The Morgan fingerprint density at radius 1 is 1.04 bits per heavy atom. The number of aromatic nitrogens is 1. The van der Waals surface area contributed by atoms with Gasteiger partial charge in [0.1, 0.15) is 0 Å². The van der Waals surface area contributed by atoms with E-state index in [1.807, 2.05) is 24.4 Å². The first-order valence-corrected chi connectivity index (χ1v) is 8.70. The van der Waals surface area contributed by atoms with E-state index in [9.17, 15) is 0 Å². The van der Waals surface area contributed by atoms with E-state index in [2.05, 4.69) is 29.3 Å². The summed E-state index contributed by atoms with van der Waals surface area (Å²) in [6.45, 7) is 0.286. The molecule has 1 aliphatic heterocycles. The molecule has 0 N–H and O–H groups in total. The van der Waals surface area contributed by atoms with Gasteiger partial charge in [0.15, 0.2) is 11.5 Å². The van der Waals surface area contributed by atoms with Gasteiger partial charge in [0.05, 0.1) is 10.6 Å². The van der Waals surface area contributed by atoms with Crippen LogP contribution in [-0.2, 0) is 12.8 Å². The van der Waals surface area contributed by atoms with Gasteiger partial charge in [0.2, 0.25) is 11.9 Å². The summed E-state index contributed by atoms with van der Waals surface area (Å²) in [4.78, 5) is 10.5. The van der Waals surface area contributed by atoms with Crippen molar-refractivity contribution in [3.05, 3.63) is 59.3 Å². The number of fused-ring (bicyclic) bond motifs is 4. The highest BCUT2D eigenvalue weighted by Gasteiger charge is 2.20. The Hall–Kier alpha value is -2.66. The molecule has 2 heterocycles. The lowest BCUT2D eigenvalue weighted by Gasteiger charge is -2.13. The molecular formula is C19H14N2O2S. The summed E-state index contributed by atoms with van der Waals surface area (Å²) in [5.41, 5.74) is 4.85. The van der Waals surface area contributed by atoms with Crippen molar-refractivity contribution in [2.45, 2.75) is 12.8 Å². The lowest BCUT2D eigenvalue weighted by Crippen LogP contribution is -2.01. The summed E-state index contributed by atoms with van der Waals surface area (Å²) < 4.78 is 10.7.